The van der Waals surface area contributed by atoms with Gasteiger partial charge in [0.2, 0.25) is 19.3 Å². The van der Waals surface area contributed by atoms with Gasteiger partial charge in [-0.1, -0.05) is 41.7 Å². The molecule has 0 atom stereocenters. The van der Waals surface area contributed by atoms with E-state index in [2.05, 4.69) is 15.5 Å². The van der Waals surface area contributed by atoms with Gasteiger partial charge < -0.3 is 9.47 Å². The maximum absolute atomic E-state index is 12.4. The molecule has 1 N–H and O–H groups in total. The summed E-state index contributed by atoms with van der Waals surface area (Å²) in [4.78, 5) is 12.4. The molecule has 0 aliphatic rings. The number of rotatable bonds is 9. The van der Waals surface area contributed by atoms with E-state index >= 15 is 0 Å². The van der Waals surface area contributed by atoms with E-state index in [9.17, 15) is 18.5 Å². The molecule has 1 heterocycles. The van der Waals surface area contributed by atoms with Gasteiger partial charge in [0, 0.05) is 6.26 Å². The Morgan fingerprint density at radius 2 is 1.74 bits per heavy atom. The van der Waals surface area contributed by atoms with Crippen LogP contribution in [0.3, 0.4) is 0 Å². The van der Waals surface area contributed by atoms with Crippen molar-refractivity contribution in [3.63, 3.8) is 0 Å². The SMILES string of the molecule is Cc1cccc(C)c1OCCOc1ccc(C=C(C#N)C(=O)Nc2nnc(S(C)(=O)=O)s2)cc1. The van der Waals surface area contributed by atoms with Crippen molar-refractivity contribution >= 4 is 38.3 Å². The Kier molecular flexibility index (Phi) is 7.99. The first-order valence-electron chi connectivity index (χ1n) is 10.1. The number of sulfone groups is 1. The fraction of sp³-hybridized carbons (Fsp3) is 0.217. The average Bonchev–Trinajstić information content (AvgIpc) is 3.26. The highest BCUT2D eigenvalue weighted by molar-refractivity contribution is 7.92. The number of nitrogens with zero attached hydrogens (tertiary/aromatic N) is 3. The third-order valence-electron chi connectivity index (χ3n) is 4.51. The summed E-state index contributed by atoms with van der Waals surface area (Å²) in [5, 5.41) is 18.9. The van der Waals surface area contributed by atoms with E-state index in [4.69, 9.17) is 9.47 Å². The number of aryl methyl sites for hydroxylation is 2. The highest BCUT2D eigenvalue weighted by Gasteiger charge is 2.17. The van der Waals surface area contributed by atoms with Crippen LogP contribution in [0.25, 0.3) is 6.08 Å². The van der Waals surface area contributed by atoms with Gasteiger partial charge in [0.05, 0.1) is 0 Å². The summed E-state index contributed by atoms with van der Waals surface area (Å²) >= 11 is 0.708. The predicted octanol–water partition coefficient (Wildman–Crippen LogP) is 3.56. The summed E-state index contributed by atoms with van der Waals surface area (Å²) in [6.07, 6.45) is 2.40. The van der Waals surface area contributed by atoms with Crippen molar-refractivity contribution < 1.29 is 22.7 Å². The van der Waals surface area contributed by atoms with Crippen LogP contribution in [0.4, 0.5) is 5.13 Å². The maximum atomic E-state index is 12.4. The van der Waals surface area contributed by atoms with Crippen molar-refractivity contribution in [1.29, 1.82) is 5.26 Å². The number of hydrogen-bond donors (Lipinski definition) is 1. The molecule has 0 aliphatic heterocycles. The number of para-hydroxylation sites is 1. The number of anilines is 1. The Balaban J connectivity index is 1.56. The summed E-state index contributed by atoms with van der Waals surface area (Å²) in [6.45, 7) is 4.72. The predicted molar refractivity (Wildman–Crippen MR) is 129 cm³/mol. The first-order chi connectivity index (χ1) is 16.2. The van der Waals surface area contributed by atoms with Crippen LogP contribution in [0.2, 0.25) is 0 Å². The molecule has 0 saturated heterocycles. The zero-order chi connectivity index (χ0) is 24.7. The second kappa shape index (κ2) is 10.9. The summed E-state index contributed by atoms with van der Waals surface area (Å²) in [6, 6.07) is 14.7. The van der Waals surface area contributed by atoms with Crippen molar-refractivity contribution in [2.75, 3.05) is 24.8 Å². The van der Waals surface area contributed by atoms with Gasteiger partial charge in [0.15, 0.2) is 0 Å². The van der Waals surface area contributed by atoms with Gasteiger partial charge in [-0.05, 0) is 48.7 Å². The van der Waals surface area contributed by atoms with Crippen LogP contribution >= 0.6 is 11.3 Å². The molecule has 0 bridgehead atoms. The highest BCUT2D eigenvalue weighted by atomic mass is 32.2. The summed E-state index contributed by atoms with van der Waals surface area (Å²) < 4.78 is 34.3. The van der Waals surface area contributed by atoms with Gasteiger partial charge in [-0.25, -0.2) is 8.42 Å². The first kappa shape index (κ1) is 24.9. The van der Waals surface area contributed by atoms with E-state index in [0.29, 0.717) is 35.9 Å². The van der Waals surface area contributed by atoms with Gasteiger partial charge in [0.25, 0.3) is 5.91 Å². The Bertz CT molecular complexity index is 1340. The van der Waals surface area contributed by atoms with Crippen molar-refractivity contribution in [1.82, 2.24) is 10.2 Å². The molecule has 0 fully saturated rings. The molecular weight excluding hydrogens is 476 g/mol. The smallest absolute Gasteiger partial charge is 0.268 e. The standard InChI is InChI=1S/C23H22N4O5S2/c1-15-5-4-6-16(2)20(15)32-12-11-31-19-9-7-17(8-10-19)13-18(14-24)21(28)25-22-26-27-23(33-22)34(3,29)30/h4-10,13H,11-12H2,1-3H3,(H,25,26,28). The Labute approximate surface area is 201 Å². The van der Waals surface area contributed by atoms with Crippen LogP contribution in [0.1, 0.15) is 16.7 Å². The van der Waals surface area contributed by atoms with Crippen molar-refractivity contribution in [2.24, 2.45) is 0 Å². The zero-order valence-electron chi connectivity index (χ0n) is 18.7. The fourth-order valence-corrected chi connectivity index (χ4v) is 4.38. The maximum Gasteiger partial charge on any atom is 0.268 e. The van der Waals surface area contributed by atoms with Gasteiger partial charge in [0.1, 0.15) is 36.4 Å². The summed E-state index contributed by atoms with van der Waals surface area (Å²) in [5.41, 5.74) is 2.57. The van der Waals surface area contributed by atoms with Gasteiger partial charge in [-0.2, -0.15) is 5.26 Å². The van der Waals surface area contributed by atoms with Gasteiger partial charge in [-0.15, -0.1) is 10.2 Å². The fourth-order valence-electron chi connectivity index (χ4n) is 2.88. The number of benzene rings is 2. The summed E-state index contributed by atoms with van der Waals surface area (Å²) in [7, 11) is -3.53. The molecule has 1 amide bonds. The van der Waals surface area contributed by atoms with Crippen LogP contribution < -0.4 is 14.8 Å². The molecular formula is C23H22N4O5S2. The number of carbonyl (C=O) groups excluding carboxylic acids is 1. The molecule has 0 unspecified atom stereocenters. The van der Waals surface area contributed by atoms with Crippen LogP contribution in [0, 0.1) is 25.2 Å². The lowest BCUT2D eigenvalue weighted by molar-refractivity contribution is -0.112. The van der Waals surface area contributed by atoms with Gasteiger partial charge >= 0.3 is 0 Å². The topological polar surface area (TPSA) is 131 Å². The van der Waals surface area contributed by atoms with Crippen LogP contribution in [0.15, 0.2) is 52.4 Å². The lowest BCUT2D eigenvalue weighted by Gasteiger charge is -2.12. The molecule has 9 nitrogen and oxygen atoms in total. The van der Waals surface area contributed by atoms with E-state index in [1.807, 2.05) is 38.1 Å². The van der Waals surface area contributed by atoms with E-state index < -0.39 is 15.7 Å². The minimum absolute atomic E-state index is 0.0153. The van der Waals surface area contributed by atoms with E-state index in [-0.39, 0.29) is 15.0 Å². The molecule has 0 spiro atoms. The monoisotopic (exact) mass is 498 g/mol. The van der Waals surface area contributed by atoms with Crippen LogP contribution in [0.5, 0.6) is 11.5 Å². The molecule has 2 aromatic carbocycles. The molecule has 0 aliphatic carbocycles. The zero-order valence-corrected chi connectivity index (χ0v) is 20.4. The van der Waals surface area contributed by atoms with Crippen molar-refractivity contribution in [3.8, 4) is 17.6 Å². The second-order valence-corrected chi connectivity index (χ2v) is 10.4. The second-order valence-electron chi connectivity index (χ2n) is 7.26. The highest BCUT2D eigenvalue weighted by Crippen LogP contribution is 2.23. The Hall–Kier alpha value is -3.75. The molecule has 3 aromatic rings. The third kappa shape index (κ3) is 6.63. The molecule has 0 radical (unpaired) electrons. The lowest BCUT2D eigenvalue weighted by Crippen LogP contribution is -2.13. The average molecular weight is 499 g/mol. The first-order valence-corrected chi connectivity index (χ1v) is 12.8. The minimum Gasteiger partial charge on any atom is -0.490 e. The van der Waals surface area contributed by atoms with Gasteiger partial charge in [-0.3, -0.25) is 10.1 Å². The molecule has 11 heteroatoms. The molecule has 0 saturated carbocycles. The number of nitriles is 1. The van der Waals surface area contributed by atoms with Crippen LogP contribution in [-0.2, 0) is 14.6 Å². The molecule has 34 heavy (non-hydrogen) atoms. The Morgan fingerprint density at radius 3 is 2.32 bits per heavy atom. The Morgan fingerprint density at radius 1 is 1.09 bits per heavy atom. The van der Waals surface area contributed by atoms with E-state index in [1.165, 1.54) is 6.08 Å². The largest absolute Gasteiger partial charge is 0.490 e. The number of carbonyl (C=O) groups is 1. The normalized spacial score (nSPS) is 11.5. The molecule has 1 aromatic heterocycles. The van der Waals surface area contributed by atoms with Crippen molar-refractivity contribution in [3.05, 3.63) is 64.7 Å². The number of amides is 1. The van der Waals surface area contributed by atoms with Crippen molar-refractivity contribution in [2.45, 2.75) is 18.2 Å². The minimum atomic E-state index is -3.53. The van der Waals surface area contributed by atoms with Crippen LogP contribution in [-0.4, -0.2) is 44.0 Å². The molecule has 3 rings (SSSR count). The number of aromatic nitrogens is 2. The number of nitrogens with one attached hydrogen (secondary N) is 1. The number of hydrogen-bond acceptors (Lipinski definition) is 9. The van der Waals surface area contributed by atoms with E-state index in [0.717, 1.165) is 23.1 Å². The summed E-state index contributed by atoms with van der Waals surface area (Å²) in [5.74, 6) is 0.755. The third-order valence-corrected chi connectivity index (χ3v) is 7.02. The lowest BCUT2D eigenvalue weighted by atomic mass is 10.1. The quantitative estimate of drug-likeness (QED) is 0.205. The molecule has 176 valence electrons. The van der Waals surface area contributed by atoms with E-state index in [1.54, 1.807) is 24.3 Å². The number of ether oxygens (including phenoxy) is 2.